The van der Waals surface area contributed by atoms with E-state index in [0.717, 1.165) is 55.8 Å². The lowest BCUT2D eigenvalue weighted by Gasteiger charge is -2.22. The minimum Gasteiger partial charge on any atom is -0.452 e. The van der Waals surface area contributed by atoms with Gasteiger partial charge in [-0.25, -0.2) is 4.79 Å². The molecule has 1 aromatic rings. The highest BCUT2D eigenvalue weighted by molar-refractivity contribution is 7.99. The van der Waals surface area contributed by atoms with E-state index in [2.05, 4.69) is 5.32 Å². The van der Waals surface area contributed by atoms with Gasteiger partial charge in [-0.15, -0.1) is 11.8 Å². The van der Waals surface area contributed by atoms with Gasteiger partial charge in [-0.3, -0.25) is 4.79 Å². The van der Waals surface area contributed by atoms with Gasteiger partial charge >= 0.3 is 5.97 Å². The van der Waals surface area contributed by atoms with Crippen LogP contribution in [0.25, 0.3) is 0 Å². The highest BCUT2D eigenvalue weighted by atomic mass is 32.2. The van der Waals surface area contributed by atoms with Gasteiger partial charge in [-0.2, -0.15) is 0 Å². The van der Waals surface area contributed by atoms with E-state index >= 15 is 0 Å². The molecule has 26 heavy (non-hydrogen) atoms. The zero-order valence-electron chi connectivity index (χ0n) is 15.1. The summed E-state index contributed by atoms with van der Waals surface area (Å²) in [5.41, 5.74) is 0.515. The molecule has 2 aliphatic rings. The molecule has 1 N–H and O–H groups in total. The fraction of sp³-hybridized carbons (Fsp3) is 0.600. The molecular weight excluding hydrogens is 350 g/mol. The van der Waals surface area contributed by atoms with Gasteiger partial charge in [0.2, 0.25) is 0 Å². The van der Waals surface area contributed by atoms with E-state index in [1.165, 1.54) is 6.42 Å². The summed E-state index contributed by atoms with van der Waals surface area (Å²) >= 11 is 1.61. The highest BCUT2D eigenvalue weighted by Gasteiger charge is 2.20. The summed E-state index contributed by atoms with van der Waals surface area (Å²) in [6, 6.07) is 7.61. The molecule has 0 aromatic heterocycles. The number of esters is 1. The number of carbonyl (C=O) groups is 2. The standard InChI is InChI=1S/C20H27NO4S/c22-19(21-15-7-2-1-3-8-15)13-25-20(23)17-10-4-5-11-18(17)26-14-16-9-6-12-24-16/h4-5,10-11,15-16H,1-3,6-9,12-14H2,(H,21,22)/t16-/m0/s1. The number of thioether (sulfide) groups is 1. The van der Waals surface area contributed by atoms with Gasteiger partial charge in [0.15, 0.2) is 6.61 Å². The van der Waals surface area contributed by atoms with E-state index in [0.29, 0.717) is 5.56 Å². The van der Waals surface area contributed by atoms with Crippen LogP contribution < -0.4 is 5.32 Å². The molecule has 2 fully saturated rings. The SMILES string of the molecule is O=C(COC(=O)c1ccccc1SC[C@@H]1CCCO1)NC1CCCCC1. The second-order valence-corrected chi connectivity index (χ2v) is 7.98. The Labute approximate surface area is 159 Å². The summed E-state index contributed by atoms with van der Waals surface area (Å²) in [5, 5.41) is 2.96. The van der Waals surface area contributed by atoms with Crippen LogP contribution in [-0.2, 0) is 14.3 Å². The van der Waals surface area contributed by atoms with Crippen LogP contribution in [0.15, 0.2) is 29.2 Å². The minimum absolute atomic E-state index is 0.213. The quantitative estimate of drug-likeness (QED) is 0.581. The maximum atomic E-state index is 12.4. The highest BCUT2D eigenvalue weighted by Crippen LogP contribution is 2.27. The largest absolute Gasteiger partial charge is 0.452 e. The molecule has 1 saturated heterocycles. The predicted octanol–water partition coefficient (Wildman–Crippen LogP) is 3.56. The Morgan fingerprint density at radius 2 is 1.92 bits per heavy atom. The van der Waals surface area contributed by atoms with Crippen LogP contribution in [0.4, 0.5) is 0 Å². The molecule has 0 bridgehead atoms. The maximum absolute atomic E-state index is 12.4. The van der Waals surface area contributed by atoms with E-state index in [1.54, 1.807) is 17.8 Å². The molecule has 0 radical (unpaired) electrons. The third-order valence-electron chi connectivity index (χ3n) is 4.86. The molecule has 142 valence electrons. The summed E-state index contributed by atoms with van der Waals surface area (Å²) in [6.45, 7) is 0.602. The van der Waals surface area contributed by atoms with Crippen molar-refractivity contribution in [1.82, 2.24) is 5.32 Å². The molecule has 1 aliphatic heterocycles. The fourth-order valence-corrected chi connectivity index (χ4v) is 4.55. The number of carbonyl (C=O) groups excluding carboxylic acids is 2. The van der Waals surface area contributed by atoms with Crippen LogP contribution >= 0.6 is 11.8 Å². The van der Waals surface area contributed by atoms with Crippen molar-refractivity contribution in [2.75, 3.05) is 19.0 Å². The van der Waals surface area contributed by atoms with E-state index in [9.17, 15) is 9.59 Å². The van der Waals surface area contributed by atoms with Crippen LogP contribution in [0.1, 0.15) is 55.3 Å². The third kappa shape index (κ3) is 5.74. The molecule has 6 heteroatoms. The second kappa shape index (κ2) is 9.97. The van der Waals surface area contributed by atoms with Crippen molar-refractivity contribution in [2.24, 2.45) is 0 Å². The first-order valence-electron chi connectivity index (χ1n) is 9.52. The van der Waals surface area contributed by atoms with Crippen molar-refractivity contribution in [1.29, 1.82) is 0 Å². The maximum Gasteiger partial charge on any atom is 0.339 e. The number of rotatable bonds is 7. The van der Waals surface area contributed by atoms with Gasteiger partial charge in [0, 0.05) is 23.3 Å². The molecule has 1 atom stereocenters. The Balaban J connectivity index is 1.48. The normalized spacial score (nSPS) is 20.7. The summed E-state index contributed by atoms with van der Waals surface area (Å²) < 4.78 is 10.9. The number of ether oxygens (including phenoxy) is 2. The minimum atomic E-state index is -0.445. The summed E-state index contributed by atoms with van der Waals surface area (Å²) in [5.74, 6) is 0.167. The first-order chi connectivity index (χ1) is 12.7. The number of benzene rings is 1. The van der Waals surface area contributed by atoms with Crippen LogP contribution in [0.2, 0.25) is 0 Å². The summed E-state index contributed by atoms with van der Waals surface area (Å²) in [4.78, 5) is 25.3. The number of hydrogen-bond acceptors (Lipinski definition) is 5. The molecule has 0 unspecified atom stereocenters. The Hall–Kier alpha value is -1.53. The van der Waals surface area contributed by atoms with Crippen molar-refractivity contribution in [2.45, 2.75) is 62.0 Å². The van der Waals surface area contributed by atoms with E-state index in [4.69, 9.17) is 9.47 Å². The third-order valence-corrected chi connectivity index (χ3v) is 6.07. The first-order valence-corrected chi connectivity index (χ1v) is 10.5. The summed E-state index contributed by atoms with van der Waals surface area (Å²) in [6.07, 6.45) is 8.00. The predicted molar refractivity (Wildman–Crippen MR) is 101 cm³/mol. The molecule has 0 spiro atoms. The van der Waals surface area contributed by atoms with Crippen LogP contribution in [0.5, 0.6) is 0 Å². The van der Waals surface area contributed by atoms with Crippen LogP contribution in [0, 0.1) is 0 Å². The second-order valence-electron chi connectivity index (χ2n) is 6.92. The van der Waals surface area contributed by atoms with Gasteiger partial charge in [0.25, 0.3) is 5.91 Å². The monoisotopic (exact) mass is 377 g/mol. The topological polar surface area (TPSA) is 64.6 Å². The van der Waals surface area contributed by atoms with Crippen molar-refractivity contribution in [3.63, 3.8) is 0 Å². The van der Waals surface area contributed by atoms with E-state index < -0.39 is 5.97 Å². The van der Waals surface area contributed by atoms with Gasteiger partial charge in [0.05, 0.1) is 11.7 Å². The lowest BCUT2D eigenvalue weighted by atomic mass is 9.95. The van der Waals surface area contributed by atoms with Gasteiger partial charge in [-0.1, -0.05) is 31.4 Å². The van der Waals surface area contributed by atoms with E-state index in [1.807, 2.05) is 18.2 Å². The fourth-order valence-electron chi connectivity index (χ4n) is 3.44. The number of hydrogen-bond donors (Lipinski definition) is 1. The molecule has 1 aromatic carbocycles. The molecule has 1 saturated carbocycles. The summed E-state index contributed by atoms with van der Waals surface area (Å²) in [7, 11) is 0. The zero-order chi connectivity index (χ0) is 18.2. The lowest BCUT2D eigenvalue weighted by Crippen LogP contribution is -2.38. The van der Waals surface area contributed by atoms with Crippen molar-refractivity contribution < 1.29 is 19.1 Å². The Bertz CT molecular complexity index is 610. The number of nitrogens with one attached hydrogen (secondary N) is 1. The van der Waals surface area contributed by atoms with Crippen molar-refractivity contribution >= 4 is 23.6 Å². The molecule has 1 amide bonds. The van der Waals surface area contributed by atoms with Gasteiger partial charge < -0.3 is 14.8 Å². The average molecular weight is 378 g/mol. The molecule has 1 heterocycles. The Morgan fingerprint density at radius 1 is 1.12 bits per heavy atom. The molecule has 5 nitrogen and oxygen atoms in total. The molecule has 1 aliphatic carbocycles. The van der Waals surface area contributed by atoms with Crippen LogP contribution in [-0.4, -0.2) is 43.0 Å². The van der Waals surface area contributed by atoms with Crippen molar-refractivity contribution in [3.8, 4) is 0 Å². The smallest absolute Gasteiger partial charge is 0.339 e. The number of amides is 1. The first kappa shape index (κ1) is 19.2. The zero-order valence-corrected chi connectivity index (χ0v) is 15.9. The van der Waals surface area contributed by atoms with Crippen molar-refractivity contribution in [3.05, 3.63) is 29.8 Å². The lowest BCUT2D eigenvalue weighted by molar-refractivity contribution is -0.125. The van der Waals surface area contributed by atoms with Gasteiger partial charge in [-0.05, 0) is 37.8 Å². The Kier molecular flexibility index (Phi) is 7.38. The van der Waals surface area contributed by atoms with Crippen LogP contribution in [0.3, 0.4) is 0 Å². The average Bonchev–Trinajstić information content (AvgIpc) is 3.19. The van der Waals surface area contributed by atoms with E-state index in [-0.39, 0.29) is 24.7 Å². The molecule has 3 rings (SSSR count). The van der Waals surface area contributed by atoms with Gasteiger partial charge in [0.1, 0.15) is 0 Å². The molecular formula is C20H27NO4S. The Morgan fingerprint density at radius 3 is 2.69 bits per heavy atom.